The highest BCUT2D eigenvalue weighted by molar-refractivity contribution is 4.84. The summed E-state index contributed by atoms with van der Waals surface area (Å²) < 4.78 is 0. The number of aliphatic hydroxyl groups is 4. The smallest absolute Gasteiger partial charge is 0.181 e. The Morgan fingerprint density at radius 1 is 1.11 bits per heavy atom. The molecule has 0 aliphatic carbocycles. The van der Waals surface area contributed by atoms with E-state index in [-0.39, 0.29) is 0 Å². The first-order valence-corrected chi connectivity index (χ1v) is 2.44. The number of hydrogen-bond acceptors (Lipinski definition) is 4. The second kappa shape index (κ2) is 3.58. The summed E-state index contributed by atoms with van der Waals surface area (Å²) in [4.78, 5) is 0. The molecule has 0 radical (unpaired) electrons. The summed E-state index contributed by atoms with van der Waals surface area (Å²) in [7, 11) is 0. The second-order valence-corrected chi connectivity index (χ2v) is 1.63. The third-order valence-corrected chi connectivity index (χ3v) is 0.897. The molecule has 9 heavy (non-hydrogen) atoms. The summed E-state index contributed by atoms with van der Waals surface area (Å²) in [6.45, 7) is 3.13. The van der Waals surface area contributed by atoms with Gasteiger partial charge in [-0.1, -0.05) is 6.08 Å². The van der Waals surface area contributed by atoms with E-state index in [2.05, 4.69) is 6.58 Å². The van der Waals surface area contributed by atoms with Gasteiger partial charge in [-0.25, -0.2) is 0 Å². The summed E-state index contributed by atoms with van der Waals surface area (Å²) in [5.41, 5.74) is 0. The van der Waals surface area contributed by atoms with Crippen LogP contribution in [-0.4, -0.2) is 38.9 Å². The van der Waals surface area contributed by atoms with Crippen molar-refractivity contribution in [2.45, 2.75) is 18.5 Å². The molecular weight excluding hydrogens is 124 g/mol. The fourth-order valence-electron chi connectivity index (χ4n) is 0.316. The molecule has 4 heteroatoms. The van der Waals surface area contributed by atoms with Gasteiger partial charge in [0, 0.05) is 0 Å². The van der Waals surface area contributed by atoms with Crippen molar-refractivity contribution in [1.82, 2.24) is 0 Å². The average molecular weight is 134 g/mol. The van der Waals surface area contributed by atoms with Crippen LogP contribution in [0, 0.1) is 0 Å². The quantitative estimate of drug-likeness (QED) is 0.271. The normalized spacial score (nSPS) is 17.4. The van der Waals surface area contributed by atoms with E-state index in [0.717, 1.165) is 6.08 Å². The van der Waals surface area contributed by atoms with Crippen LogP contribution in [0.4, 0.5) is 0 Å². The van der Waals surface area contributed by atoms with Gasteiger partial charge in [-0.15, -0.1) is 6.58 Å². The first-order valence-electron chi connectivity index (χ1n) is 2.44. The molecule has 0 bridgehead atoms. The first kappa shape index (κ1) is 8.58. The Hall–Kier alpha value is -0.420. The topological polar surface area (TPSA) is 80.9 Å². The lowest BCUT2D eigenvalue weighted by molar-refractivity contribution is -0.148. The monoisotopic (exact) mass is 134 g/mol. The van der Waals surface area contributed by atoms with E-state index in [0.29, 0.717) is 0 Å². The van der Waals surface area contributed by atoms with Crippen molar-refractivity contribution in [3.05, 3.63) is 12.7 Å². The molecule has 0 saturated carbocycles. The predicted molar refractivity (Wildman–Crippen MR) is 30.4 cm³/mol. The van der Waals surface area contributed by atoms with Crippen LogP contribution in [0.2, 0.25) is 0 Å². The zero-order valence-corrected chi connectivity index (χ0v) is 4.81. The molecule has 0 heterocycles. The van der Waals surface area contributed by atoms with E-state index < -0.39 is 18.5 Å². The summed E-state index contributed by atoms with van der Waals surface area (Å²) in [6, 6.07) is 0. The fraction of sp³-hybridized carbons (Fsp3) is 0.600. The number of aliphatic hydroxyl groups excluding tert-OH is 3. The lowest BCUT2D eigenvalue weighted by Gasteiger charge is -2.14. The van der Waals surface area contributed by atoms with E-state index >= 15 is 0 Å². The summed E-state index contributed by atoms with van der Waals surface area (Å²) >= 11 is 0. The minimum absolute atomic E-state index is 1.02. The highest BCUT2D eigenvalue weighted by Gasteiger charge is 2.19. The number of hydrogen-bond donors (Lipinski definition) is 4. The van der Waals surface area contributed by atoms with Gasteiger partial charge in [0.25, 0.3) is 0 Å². The van der Waals surface area contributed by atoms with Crippen LogP contribution in [0.15, 0.2) is 12.7 Å². The standard InChI is InChI=1S/C5H10O4/c1-2-3(6)4(7)5(8)9/h2-9H,1H2. The van der Waals surface area contributed by atoms with Crippen LogP contribution in [0.3, 0.4) is 0 Å². The van der Waals surface area contributed by atoms with E-state index in [1.165, 1.54) is 0 Å². The lowest BCUT2D eigenvalue weighted by Crippen LogP contribution is -2.35. The zero-order chi connectivity index (χ0) is 7.44. The molecule has 0 aromatic carbocycles. The van der Waals surface area contributed by atoms with Gasteiger partial charge in [-0.05, 0) is 0 Å². The van der Waals surface area contributed by atoms with Gasteiger partial charge >= 0.3 is 0 Å². The molecule has 0 spiro atoms. The van der Waals surface area contributed by atoms with Gasteiger partial charge < -0.3 is 20.4 Å². The molecule has 0 saturated heterocycles. The van der Waals surface area contributed by atoms with Crippen molar-refractivity contribution in [1.29, 1.82) is 0 Å². The van der Waals surface area contributed by atoms with E-state index in [1.54, 1.807) is 0 Å². The van der Waals surface area contributed by atoms with Gasteiger partial charge in [0.15, 0.2) is 6.29 Å². The first-order chi connectivity index (χ1) is 4.09. The minimum atomic E-state index is -1.92. The fourth-order valence-corrected chi connectivity index (χ4v) is 0.316. The largest absolute Gasteiger partial charge is 0.386 e. The maximum absolute atomic E-state index is 8.61. The third-order valence-electron chi connectivity index (χ3n) is 0.897. The van der Waals surface area contributed by atoms with Crippen molar-refractivity contribution < 1.29 is 20.4 Å². The summed E-state index contributed by atoms with van der Waals surface area (Å²) in [5, 5.41) is 33.6. The molecule has 0 fully saturated rings. The summed E-state index contributed by atoms with van der Waals surface area (Å²) in [6.07, 6.45) is -3.75. The Morgan fingerprint density at radius 2 is 1.56 bits per heavy atom. The van der Waals surface area contributed by atoms with E-state index in [4.69, 9.17) is 20.4 Å². The molecule has 0 aromatic rings. The van der Waals surface area contributed by atoms with Crippen molar-refractivity contribution in [3.8, 4) is 0 Å². The van der Waals surface area contributed by atoms with Crippen molar-refractivity contribution >= 4 is 0 Å². The molecule has 0 amide bonds. The molecule has 4 N–H and O–H groups in total. The molecule has 0 rings (SSSR count). The molecule has 54 valence electrons. The van der Waals surface area contributed by atoms with Crippen molar-refractivity contribution in [2.75, 3.05) is 0 Å². The maximum Gasteiger partial charge on any atom is 0.181 e. The number of rotatable bonds is 3. The van der Waals surface area contributed by atoms with Gasteiger partial charge in [-0.2, -0.15) is 0 Å². The molecule has 2 atom stereocenters. The van der Waals surface area contributed by atoms with Crippen LogP contribution in [-0.2, 0) is 0 Å². The average Bonchev–Trinajstić information content (AvgIpc) is 1.84. The Bertz CT molecular complexity index is 91.0. The lowest BCUT2D eigenvalue weighted by atomic mass is 10.2. The van der Waals surface area contributed by atoms with Crippen LogP contribution >= 0.6 is 0 Å². The SMILES string of the molecule is C=CC(O)C(O)C(O)O. The van der Waals surface area contributed by atoms with Crippen molar-refractivity contribution in [2.24, 2.45) is 0 Å². The van der Waals surface area contributed by atoms with Gasteiger partial charge in [0.2, 0.25) is 0 Å². The van der Waals surface area contributed by atoms with Gasteiger partial charge in [-0.3, -0.25) is 0 Å². The zero-order valence-electron chi connectivity index (χ0n) is 4.81. The Morgan fingerprint density at radius 3 is 1.67 bits per heavy atom. The van der Waals surface area contributed by atoms with E-state index in [9.17, 15) is 0 Å². The van der Waals surface area contributed by atoms with Crippen LogP contribution < -0.4 is 0 Å². The molecule has 0 aliphatic rings. The highest BCUT2D eigenvalue weighted by Crippen LogP contribution is 1.96. The van der Waals surface area contributed by atoms with Crippen LogP contribution in [0.25, 0.3) is 0 Å². The molecule has 4 nitrogen and oxygen atoms in total. The molecular formula is C5H10O4. The second-order valence-electron chi connectivity index (χ2n) is 1.63. The minimum Gasteiger partial charge on any atom is -0.386 e. The Labute approximate surface area is 52.7 Å². The molecule has 0 aliphatic heterocycles. The summed E-state index contributed by atoms with van der Waals surface area (Å²) in [5.74, 6) is 0. The van der Waals surface area contributed by atoms with Crippen molar-refractivity contribution in [3.63, 3.8) is 0 Å². The van der Waals surface area contributed by atoms with Gasteiger partial charge in [0.1, 0.15) is 12.2 Å². The third kappa shape index (κ3) is 2.57. The highest BCUT2D eigenvalue weighted by atomic mass is 16.5. The van der Waals surface area contributed by atoms with Crippen LogP contribution in [0.1, 0.15) is 0 Å². The maximum atomic E-state index is 8.61. The molecule has 2 unspecified atom stereocenters. The van der Waals surface area contributed by atoms with Gasteiger partial charge in [0.05, 0.1) is 0 Å². The Balaban J connectivity index is 3.71. The predicted octanol–water partition coefficient (Wildman–Crippen LogP) is -1.80. The Kier molecular flexibility index (Phi) is 3.41. The van der Waals surface area contributed by atoms with Crippen LogP contribution in [0.5, 0.6) is 0 Å². The molecule has 0 aromatic heterocycles. The van der Waals surface area contributed by atoms with E-state index in [1.807, 2.05) is 0 Å².